The van der Waals surface area contributed by atoms with E-state index in [4.69, 9.17) is 5.11 Å². The second-order valence-electron chi connectivity index (χ2n) is 4.02. The van der Waals surface area contributed by atoms with Gasteiger partial charge in [-0.1, -0.05) is 36.4 Å². The van der Waals surface area contributed by atoms with Gasteiger partial charge in [-0.15, -0.1) is 0 Å². The van der Waals surface area contributed by atoms with Crippen LogP contribution < -0.4 is 0 Å². The van der Waals surface area contributed by atoms with Crippen LogP contribution in [0.2, 0.25) is 0 Å². The van der Waals surface area contributed by atoms with Gasteiger partial charge in [-0.2, -0.15) is 0 Å². The zero-order chi connectivity index (χ0) is 11.4. The van der Waals surface area contributed by atoms with Crippen molar-refractivity contribution in [3.05, 3.63) is 47.5 Å². The lowest BCUT2D eigenvalue weighted by Crippen LogP contribution is -2.31. The molecule has 0 fully saturated rings. The van der Waals surface area contributed by atoms with Crippen molar-refractivity contribution in [2.45, 2.75) is 13.0 Å². The van der Waals surface area contributed by atoms with E-state index in [1.165, 1.54) is 5.56 Å². The molecule has 16 heavy (non-hydrogen) atoms. The van der Waals surface area contributed by atoms with Crippen LogP contribution in [0.25, 0.3) is 0 Å². The van der Waals surface area contributed by atoms with Crippen LogP contribution in [0.15, 0.2) is 42.0 Å². The highest BCUT2D eigenvalue weighted by atomic mass is 16.4. The Kier molecular flexibility index (Phi) is 3.37. The Morgan fingerprint density at radius 2 is 2.06 bits per heavy atom. The number of carboxylic acid groups (broad SMARTS) is 1. The number of rotatable bonds is 3. The molecule has 0 spiro atoms. The Morgan fingerprint density at radius 3 is 2.75 bits per heavy atom. The average Bonchev–Trinajstić information content (AvgIpc) is 2.30. The van der Waals surface area contributed by atoms with E-state index in [1.807, 2.05) is 24.3 Å². The molecule has 0 bridgehead atoms. The number of nitrogens with zero attached hydrogens (tertiary/aromatic N) is 1. The molecule has 0 atom stereocenters. The number of hydrogen-bond donors (Lipinski definition) is 1. The third kappa shape index (κ3) is 2.70. The van der Waals surface area contributed by atoms with Crippen molar-refractivity contribution in [2.75, 3.05) is 13.1 Å². The molecule has 1 aliphatic heterocycles. The summed E-state index contributed by atoms with van der Waals surface area (Å²) in [5.74, 6) is -0.794. The molecule has 84 valence electrons. The molecule has 0 aliphatic carbocycles. The highest BCUT2D eigenvalue weighted by Gasteiger charge is 2.16. The monoisotopic (exact) mass is 217 g/mol. The summed E-state index contributed by atoms with van der Waals surface area (Å²) >= 11 is 0. The first-order valence-electron chi connectivity index (χ1n) is 5.44. The van der Waals surface area contributed by atoms with Crippen molar-refractivity contribution in [1.82, 2.24) is 4.90 Å². The van der Waals surface area contributed by atoms with Gasteiger partial charge in [0.1, 0.15) is 0 Å². The van der Waals surface area contributed by atoms with Gasteiger partial charge in [-0.3, -0.25) is 4.90 Å². The van der Waals surface area contributed by atoms with Crippen molar-refractivity contribution in [3.63, 3.8) is 0 Å². The Balaban J connectivity index is 1.98. The van der Waals surface area contributed by atoms with Gasteiger partial charge in [0.05, 0.1) is 0 Å². The van der Waals surface area contributed by atoms with Gasteiger partial charge < -0.3 is 5.11 Å². The van der Waals surface area contributed by atoms with E-state index in [9.17, 15) is 4.79 Å². The van der Waals surface area contributed by atoms with Gasteiger partial charge in [0, 0.05) is 25.2 Å². The molecule has 0 amide bonds. The molecular weight excluding hydrogens is 202 g/mol. The van der Waals surface area contributed by atoms with Crippen molar-refractivity contribution in [1.29, 1.82) is 0 Å². The van der Waals surface area contributed by atoms with Crippen molar-refractivity contribution < 1.29 is 9.90 Å². The minimum Gasteiger partial charge on any atom is -0.478 e. The number of hydrogen-bond acceptors (Lipinski definition) is 2. The standard InChI is InChI=1S/C13H15NO2/c15-13(16)12-7-4-8-14(10-12)9-11-5-2-1-3-6-11/h1-3,5-7H,4,8-10H2,(H,15,16). The lowest BCUT2D eigenvalue weighted by atomic mass is 10.1. The molecule has 0 saturated carbocycles. The number of carbonyl (C=O) groups is 1. The molecule has 0 aromatic heterocycles. The summed E-state index contributed by atoms with van der Waals surface area (Å²) in [6, 6.07) is 10.1. The van der Waals surface area contributed by atoms with Crippen LogP contribution in [0.4, 0.5) is 0 Å². The average molecular weight is 217 g/mol. The van der Waals surface area contributed by atoms with Crippen molar-refractivity contribution >= 4 is 5.97 Å². The fraction of sp³-hybridized carbons (Fsp3) is 0.308. The van der Waals surface area contributed by atoms with Gasteiger partial charge >= 0.3 is 5.97 Å². The van der Waals surface area contributed by atoms with Gasteiger partial charge in [-0.05, 0) is 12.0 Å². The van der Waals surface area contributed by atoms with E-state index in [0.717, 1.165) is 19.5 Å². The van der Waals surface area contributed by atoms with Crippen LogP contribution in [0, 0.1) is 0 Å². The second-order valence-corrected chi connectivity index (χ2v) is 4.02. The third-order valence-corrected chi connectivity index (χ3v) is 2.75. The first kappa shape index (κ1) is 10.9. The van der Waals surface area contributed by atoms with E-state index in [1.54, 1.807) is 0 Å². The minimum atomic E-state index is -0.794. The maximum absolute atomic E-state index is 10.9. The van der Waals surface area contributed by atoms with Crippen LogP contribution in [-0.4, -0.2) is 29.1 Å². The Morgan fingerprint density at radius 1 is 1.31 bits per heavy atom. The predicted octanol–water partition coefficient (Wildman–Crippen LogP) is 1.90. The van der Waals surface area contributed by atoms with Crippen LogP contribution >= 0.6 is 0 Å². The summed E-state index contributed by atoms with van der Waals surface area (Å²) in [5.41, 5.74) is 1.75. The normalized spacial score (nSPS) is 16.9. The first-order chi connectivity index (χ1) is 7.75. The van der Waals surface area contributed by atoms with Crippen LogP contribution in [0.1, 0.15) is 12.0 Å². The summed E-state index contributed by atoms with van der Waals surface area (Å²) in [6.45, 7) is 2.31. The van der Waals surface area contributed by atoms with E-state index in [-0.39, 0.29) is 0 Å². The molecular formula is C13H15NO2. The van der Waals surface area contributed by atoms with E-state index >= 15 is 0 Å². The first-order valence-corrected chi connectivity index (χ1v) is 5.44. The molecule has 1 aromatic carbocycles. The smallest absolute Gasteiger partial charge is 0.332 e. The Bertz CT molecular complexity index is 398. The third-order valence-electron chi connectivity index (χ3n) is 2.75. The van der Waals surface area contributed by atoms with E-state index in [0.29, 0.717) is 12.1 Å². The molecule has 0 unspecified atom stereocenters. The molecule has 1 aromatic rings. The lowest BCUT2D eigenvalue weighted by Gasteiger charge is -2.25. The van der Waals surface area contributed by atoms with E-state index in [2.05, 4.69) is 17.0 Å². The molecule has 1 aliphatic rings. The molecule has 3 nitrogen and oxygen atoms in total. The SMILES string of the molecule is O=C(O)C1=CCCN(Cc2ccccc2)C1. The zero-order valence-corrected chi connectivity index (χ0v) is 9.10. The molecule has 1 N–H and O–H groups in total. The van der Waals surface area contributed by atoms with Crippen molar-refractivity contribution in [3.8, 4) is 0 Å². The molecule has 3 heteroatoms. The molecule has 2 rings (SSSR count). The summed E-state index contributed by atoms with van der Waals surface area (Å²) in [4.78, 5) is 13.0. The van der Waals surface area contributed by atoms with Crippen LogP contribution in [0.5, 0.6) is 0 Å². The highest BCUT2D eigenvalue weighted by Crippen LogP contribution is 2.13. The van der Waals surface area contributed by atoms with E-state index < -0.39 is 5.97 Å². The quantitative estimate of drug-likeness (QED) is 0.840. The van der Waals surface area contributed by atoms with Crippen LogP contribution in [0.3, 0.4) is 0 Å². The molecule has 0 radical (unpaired) electrons. The molecule has 0 saturated heterocycles. The fourth-order valence-corrected chi connectivity index (χ4v) is 1.94. The van der Waals surface area contributed by atoms with Gasteiger partial charge in [0.2, 0.25) is 0 Å². The van der Waals surface area contributed by atoms with Gasteiger partial charge in [0.25, 0.3) is 0 Å². The number of carboxylic acids is 1. The number of benzene rings is 1. The zero-order valence-electron chi connectivity index (χ0n) is 9.10. The summed E-state index contributed by atoms with van der Waals surface area (Å²) in [6.07, 6.45) is 2.65. The second kappa shape index (κ2) is 4.94. The predicted molar refractivity (Wildman–Crippen MR) is 62.1 cm³/mol. The van der Waals surface area contributed by atoms with Gasteiger partial charge in [-0.25, -0.2) is 4.79 Å². The largest absolute Gasteiger partial charge is 0.478 e. The molecule has 1 heterocycles. The maximum atomic E-state index is 10.9. The van der Waals surface area contributed by atoms with Gasteiger partial charge in [0.15, 0.2) is 0 Å². The van der Waals surface area contributed by atoms with Crippen molar-refractivity contribution in [2.24, 2.45) is 0 Å². The topological polar surface area (TPSA) is 40.5 Å². The van der Waals surface area contributed by atoms with Crippen LogP contribution in [-0.2, 0) is 11.3 Å². The highest BCUT2D eigenvalue weighted by molar-refractivity contribution is 5.87. The fourth-order valence-electron chi connectivity index (χ4n) is 1.94. The summed E-state index contributed by atoms with van der Waals surface area (Å²) in [7, 11) is 0. The summed E-state index contributed by atoms with van der Waals surface area (Å²) < 4.78 is 0. The minimum absolute atomic E-state index is 0.516. The Hall–Kier alpha value is -1.61. The Labute approximate surface area is 95.0 Å². The maximum Gasteiger partial charge on any atom is 0.332 e. The lowest BCUT2D eigenvalue weighted by molar-refractivity contribution is -0.133. The summed E-state index contributed by atoms with van der Waals surface area (Å²) in [5, 5.41) is 8.93. The number of aliphatic carboxylic acids is 1.